The van der Waals surface area contributed by atoms with Crippen molar-refractivity contribution in [2.45, 2.75) is 52.1 Å². The van der Waals surface area contributed by atoms with Crippen LogP contribution in [0, 0.1) is 0 Å². The van der Waals surface area contributed by atoms with Gasteiger partial charge in [-0.1, -0.05) is 100 Å². The average molecular weight is 422 g/mol. The van der Waals surface area contributed by atoms with Crippen LogP contribution < -0.4 is 5.32 Å². The maximum atomic E-state index is 12.6. The van der Waals surface area contributed by atoms with Crippen molar-refractivity contribution in [3.05, 3.63) is 89.7 Å². The molecule has 3 aromatic rings. The number of nitrogens with one attached hydrogen (secondary N) is 1. The molecule has 0 aliphatic heterocycles. The molecule has 2 aromatic carbocycles. The first kappa shape index (κ1) is 23.9. The van der Waals surface area contributed by atoms with E-state index in [2.05, 4.69) is 24.3 Å². The van der Waals surface area contributed by atoms with Gasteiger partial charge in [0.25, 0.3) is 5.91 Å². The second-order valence-electron chi connectivity index (χ2n) is 7.26. The fourth-order valence-electron chi connectivity index (χ4n) is 3.07. The molecule has 0 atom stereocenters. The first-order valence-corrected chi connectivity index (χ1v) is 10.7. The van der Waals surface area contributed by atoms with Crippen LogP contribution in [0.1, 0.15) is 67.1 Å². The van der Waals surface area contributed by atoms with Crippen molar-refractivity contribution < 1.29 is 14.7 Å². The highest BCUT2D eigenvalue weighted by Crippen LogP contribution is 2.22. The lowest BCUT2D eigenvalue weighted by Crippen LogP contribution is -2.29. The molecule has 1 heterocycles. The van der Waals surface area contributed by atoms with Gasteiger partial charge in [-0.3, -0.25) is 14.3 Å². The molecule has 0 fully saturated rings. The molecule has 0 bridgehead atoms. The molecular formula is C25H31N3O3. The smallest absolute Gasteiger partial charge is 0.325 e. The summed E-state index contributed by atoms with van der Waals surface area (Å²) in [5.41, 5.74) is 2.23. The molecule has 6 heteroatoms. The summed E-state index contributed by atoms with van der Waals surface area (Å²) in [6.07, 6.45) is 8.33. The van der Waals surface area contributed by atoms with Crippen molar-refractivity contribution in [2.75, 3.05) is 0 Å². The highest BCUT2D eigenvalue weighted by Gasteiger charge is 2.18. The lowest BCUT2D eigenvalue weighted by molar-refractivity contribution is -0.137. The molecule has 0 spiro atoms. The van der Waals surface area contributed by atoms with E-state index in [0.29, 0.717) is 5.56 Å². The first-order chi connectivity index (χ1) is 15.0. The number of rotatable bonds is 9. The third-order valence-electron chi connectivity index (χ3n) is 4.69. The maximum absolute atomic E-state index is 12.6. The number of nitrogens with zero attached hydrogens (tertiary/aromatic N) is 2. The summed E-state index contributed by atoms with van der Waals surface area (Å²) >= 11 is 0. The van der Waals surface area contributed by atoms with Crippen molar-refractivity contribution >= 4 is 11.9 Å². The Morgan fingerprint density at radius 3 is 1.90 bits per heavy atom. The third kappa shape index (κ3) is 8.09. The summed E-state index contributed by atoms with van der Waals surface area (Å²) in [6, 6.07) is 19.0. The van der Waals surface area contributed by atoms with E-state index in [1.165, 1.54) is 42.8 Å². The molecule has 164 valence electrons. The van der Waals surface area contributed by atoms with E-state index in [1.54, 1.807) is 0 Å². The predicted molar refractivity (Wildman–Crippen MR) is 122 cm³/mol. The number of carboxylic acids is 1. The molecule has 0 saturated heterocycles. The minimum atomic E-state index is -1.01. The normalized spacial score (nSPS) is 10.3. The van der Waals surface area contributed by atoms with Crippen LogP contribution in [0.25, 0.3) is 0 Å². The second-order valence-corrected chi connectivity index (χ2v) is 7.26. The Kier molecular flexibility index (Phi) is 10.0. The van der Waals surface area contributed by atoms with Crippen LogP contribution in [-0.4, -0.2) is 26.8 Å². The van der Waals surface area contributed by atoms with Crippen LogP contribution in [0.2, 0.25) is 0 Å². The number of hydrogen-bond donors (Lipinski definition) is 2. The van der Waals surface area contributed by atoms with Gasteiger partial charge >= 0.3 is 5.97 Å². The zero-order valence-corrected chi connectivity index (χ0v) is 18.2. The van der Waals surface area contributed by atoms with Gasteiger partial charge in [-0.2, -0.15) is 5.10 Å². The van der Waals surface area contributed by atoms with Gasteiger partial charge in [0.05, 0.1) is 17.8 Å². The van der Waals surface area contributed by atoms with Crippen LogP contribution in [0.15, 0.2) is 73.1 Å². The van der Waals surface area contributed by atoms with Gasteiger partial charge in [-0.05, 0) is 11.1 Å². The molecule has 1 amide bonds. The molecule has 6 nitrogen and oxygen atoms in total. The van der Waals surface area contributed by atoms with Crippen LogP contribution in [0.3, 0.4) is 0 Å². The van der Waals surface area contributed by atoms with Crippen LogP contribution >= 0.6 is 0 Å². The molecule has 0 unspecified atom stereocenters. The first-order valence-electron chi connectivity index (χ1n) is 10.7. The van der Waals surface area contributed by atoms with E-state index >= 15 is 0 Å². The van der Waals surface area contributed by atoms with Gasteiger partial charge in [-0.25, -0.2) is 0 Å². The number of carbonyl (C=O) groups is 2. The molecule has 3 rings (SSSR count). The topological polar surface area (TPSA) is 84.2 Å². The van der Waals surface area contributed by atoms with Crippen molar-refractivity contribution in [3.63, 3.8) is 0 Å². The fourth-order valence-corrected chi connectivity index (χ4v) is 3.07. The Morgan fingerprint density at radius 2 is 1.45 bits per heavy atom. The van der Waals surface area contributed by atoms with E-state index < -0.39 is 5.97 Å². The van der Waals surface area contributed by atoms with Crippen molar-refractivity contribution in [2.24, 2.45) is 0 Å². The third-order valence-corrected chi connectivity index (χ3v) is 4.69. The van der Waals surface area contributed by atoms with Gasteiger partial charge in [0.2, 0.25) is 0 Å². The van der Waals surface area contributed by atoms with E-state index in [-0.39, 0.29) is 18.5 Å². The average Bonchev–Trinajstić information content (AvgIpc) is 3.25. The zero-order chi connectivity index (χ0) is 22.5. The number of aliphatic carboxylic acids is 1. The number of carboxylic acid groups (broad SMARTS) is 1. The summed E-state index contributed by atoms with van der Waals surface area (Å²) in [5.74, 6) is -1.32. The van der Waals surface area contributed by atoms with E-state index in [1.807, 2.05) is 60.7 Å². The van der Waals surface area contributed by atoms with Crippen LogP contribution in [0.4, 0.5) is 0 Å². The van der Waals surface area contributed by atoms with E-state index in [0.717, 1.165) is 11.1 Å². The SMILES string of the molecule is CCCCCC.O=C(O)Cn1cc(C(=O)NC(c2ccccc2)c2ccccc2)cn1. The predicted octanol–water partition coefficient (Wildman–Crippen LogP) is 5.07. The Labute approximate surface area is 183 Å². The van der Waals surface area contributed by atoms with Crippen molar-refractivity contribution in [1.29, 1.82) is 0 Å². The summed E-state index contributed by atoms with van der Waals surface area (Å²) in [4.78, 5) is 23.3. The highest BCUT2D eigenvalue weighted by atomic mass is 16.4. The van der Waals surface area contributed by atoms with Gasteiger partial charge < -0.3 is 10.4 Å². The number of aromatic nitrogens is 2. The Morgan fingerprint density at radius 1 is 0.935 bits per heavy atom. The van der Waals surface area contributed by atoms with Gasteiger partial charge in [0.15, 0.2) is 0 Å². The largest absolute Gasteiger partial charge is 0.480 e. The molecule has 1 aromatic heterocycles. The molecule has 31 heavy (non-hydrogen) atoms. The molecule has 2 N–H and O–H groups in total. The lowest BCUT2D eigenvalue weighted by Gasteiger charge is -2.19. The standard InChI is InChI=1S/C19H17N3O3.C6H14/c23-17(24)13-22-12-16(11-20-22)19(25)21-18(14-7-3-1-4-8-14)15-9-5-2-6-10-15;1-3-5-6-4-2/h1-12,18H,13H2,(H,21,25)(H,23,24);3-6H2,1-2H3. The maximum Gasteiger partial charge on any atom is 0.325 e. The molecule has 0 radical (unpaired) electrons. The molecule has 0 aliphatic carbocycles. The van der Waals surface area contributed by atoms with Crippen LogP contribution in [0.5, 0.6) is 0 Å². The monoisotopic (exact) mass is 421 g/mol. The van der Waals surface area contributed by atoms with E-state index in [4.69, 9.17) is 5.11 Å². The second kappa shape index (κ2) is 13.0. The number of hydrogen-bond acceptors (Lipinski definition) is 3. The van der Waals surface area contributed by atoms with Crippen molar-refractivity contribution in [3.8, 4) is 0 Å². The minimum Gasteiger partial charge on any atom is -0.480 e. The highest BCUT2D eigenvalue weighted by molar-refractivity contribution is 5.94. The molecule has 0 aliphatic rings. The fraction of sp³-hybridized carbons (Fsp3) is 0.320. The van der Waals surface area contributed by atoms with Gasteiger partial charge in [-0.15, -0.1) is 0 Å². The van der Waals surface area contributed by atoms with Crippen molar-refractivity contribution in [1.82, 2.24) is 15.1 Å². The van der Waals surface area contributed by atoms with Gasteiger partial charge in [0, 0.05) is 6.20 Å². The van der Waals surface area contributed by atoms with Gasteiger partial charge in [0.1, 0.15) is 6.54 Å². The Bertz CT molecular complexity index is 880. The quantitative estimate of drug-likeness (QED) is 0.472. The summed E-state index contributed by atoms with van der Waals surface area (Å²) in [7, 11) is 0. The summed E-state index contributed by atoms with van der Waals surface area (Å²) in [6.45, 7) is 4.18. The number of carbonyl (C=O) groups excluding carboxylic acids is 1. The Balaban J connectivity index is 0.000000501. The number of benzene rings is 2. The minimum absolute atomic E-state index is 0.284. The molecular weight excluding hydrogens is 390 g/mol. The summed E-state index contributed by atoms with van der Waals surface area (Å²) in [5, 5.41) is 15.7. The number of amides is 1. The summed E-state index contributed by atoms with van der Waals surface area (Å²) < 4.78 is 1.22. The van der Waals surface area contributed by atoms with Crippen LogP contribution in [-0.2, 0) is 11.3 Å². The van der Waals surface area contributed by atoms with E-state index in [9.17, 15) is 9.59 Å². The lowest BCUT2D eigenvalue weighted by atomic mass is 9.98. The zero-order valence-electron chi connectivity index (χ0n) is 18.2. The Hall–Kier alpha value is -3.41. The number of unbranched alkanes of at least 4 members (excludes halogenated alkanes) is 3. The molecule has 0 saturated carbocycles.